The first-order chi connectivity index (χ1) is 10.2. The Morgan fingerprint density at radius 2 is 1.73 bits per heavy atom. The van der Waals surface area contributed by atoms with Crippen LogP contribution in [0, 0.1) is 18.8 Å². The van der Waals surface area contributed by atoms with Crippen molar-refractivity contribution in [3.05, 3.63) is 29.8 Å². The SMILES string of the molecule is Cc1ccc(S(=O)(=O)N2CC[C@@H](C(C(=O)O)C(=O)O)C2)cc1. The molecule has 0 unspecified atom stereocenters. The van der Waals surface area contributed by atoms with Crippen molar-refractivity contribution < 1.29 is 28.2 Å². The smallest absolute Gasteiger partial charge is 0.318 e. The summed E-state index contributed by atoms with van der Waals surface area (Å²) in [6.45, 7) is 1.87. The van der Waals surface area contributed by atoms with Crippen molar-refractivity contribution in [2.45, 2.75) is 18.2 Å². The first kappa shape index (κ1) is 16.4. The van der Waals surface area contributed by atoms with Gasteiger partial charge in [0.05, 0.1) is 4.90 Å². The fourth-order valence-corrected chi connectivity index (χ4v) is 4.12. The zero-order valence-electron chi connectivity index (χ0n) is 12.0. The number of carbonyl (C=O) groups is 2. The highest BCUT2D eigenvalue weighted by Crippen LogP contribution is 2.29. The third-order valence-corrected chi connectivity index (χ3v) is 5.73. The Balaban J connectivity index is 2.20. The van der Waals surface area contributed by atoms with E-state index < -0.39 is 33.8 Å². The average Bonchev–Trinajstić information content (AvgIpc) is 2.88. The van der Waals surface area contributed by atoms with Gasteiger partial charge in [0.15, 0.2) is 5.92 Å². The Kier molecular flexibility index (Phi) is 4.52. The normalized spacial score (nSPS) is 19.5. The second-order valence-corrected chi connectivity index (χ2v) is 7.32. The van der Waals surface area contributed by atoms with Crippen LogP contribution >= 0.6 is 0 Å². The number of benzene rings is 1. The van der Waals surface area contributed by atoms with Crippen LogP contribution in [0.5, 0.6) is 0 Å². The van der Waals surface area contributed by atoms with E-state index >= 15 is 0 Å². The summed E-state index contributed by atoms with van der Waals surface area (Å²) in [6, 6.07) is 6.34. The summed E-state index contributed by atoms with van der Waals surface area (Å²) in [5.41, 5.74) is 0.926. The van der Waals surface area contributed by atoms with E-state index in [0.29, 0.717) is 0 Å². The van der Waals surface area contributed by atoms with Crippen molar-refractivity contribution in [1.29, 1.82) is 0 Å². The van der Waals surface area contributed by atoms with E-state index in [-0.39, 0.29) is 24.4 Å². The molecule has 1 saturated heterocycles. The lowest BCUT2D eigenvalue weighted by Gasteiger charge is -2.18. The summed E-state index contributed by atoms with van der Waals surface area (Å²) in [5.74, 6) is -5.19. The number of aliphatic carboxylic acids is 2. The highest BCUT2D eigenvalue weighted by atomic mass is 32.2. The van der Waals surface area contributed by atoms with Crippen molar-refractivity contribution in [2.24, 2.45) is 11.8 Å². The molecular formula is C14H17NO6S. The first-order valence-corrected chi connectivity index (χ1v) is 8.20. The molecule has 1 atom stereocenters. The number of hydrogen-bond donors (Lipinski definition) is 2. The molecule has 1 heterocycles. The Bertz CT molecular complexity index is 668. The third kappa shape index (κ3) is 3.12. The molecular weight excluding hydrogens is 310 g/mol. The lowest BCUT2D eigenvalue weighted by molar-refractivity contribution is -0.156. The Labute approximate surface area is 128 Å². The van der Waals surface area contributed by atoms with Crippen LogP contribution in [0.3, 0.4) is 0 Å². The molecule has 0 aliphatic carbocycles. The van der Waals surface area contributed by atoms with Gasteiger partial charge in [0, 0.05) is 13.1 Å². The summed E-state index contributed by atoms with van der Waals surface area (Å²) in [6.07, 6.45) is 0.217. The predicted molar refractivity (Wildman–Crippen MR) is 76.8 cm³/mol. The maximum Gasteiger partial charge on any atom is 0.318 e. The summed E-state index contributed by atoms with van der Waals surface area (Å²) in [5, 5.41) is 18.0. The molecule has 1 aliphatic heterocycles. The van der Waals surface area contributed by atoms with Gasteiger partial charge in [-0.1, -0.05) is 17.7 Å². The Morgan fingerprint density at radius 3 is 2.23 bits per heavy atom. The summed E-state index contributed by atoms with van der Waals surface area (Å²) in [7, 11) is -3.73. The van der Waals surface area contributed by atoms with Gasteiger partial charge in [0.25, 0.3) is 0 Å². The maximum atomic E-state index is 12.5. The van der Waals surface area contributed by atoms with Gasteiger partial charge in [-0.15, -0.1) is 0 Å². The van der Waals surface area contributed by atoms with Crippen molar-refractivity contribution in [1.82, 2.24) is 4.31 Å². The molecule has 2 rings (SSSR count). The molecule has 1 aromatic rings. The average molecular weight is 327 g/mol. The van der Waals surface area contributed by atoms with Crippen LogP contribution in [0.2, 0.25) is 0 Å². The quantitative estimate of drug-likeness (QED) is 0.773. The fraction of sp³-hybridized carbons (Fsp3) is 0.429. The zero-order chi connectivity index (χ0) is 16.5. The topological polar surface area (TPSA) is 112 Å². The van der Waals surface area contributed by atoms with Crippen LogP contribution in [-0.2, 0) is 19.6 Å². The van der Waals surface area contributed by atoms with Gasteiger partial charge < -0.3 is 10.2 Å². The molecule has 0 radical (unpaired) electrons. The number of hydrogen-bond acceptors (Lipinski definition) is 4. The van der Waals surface area contributed by atoms with Crippen LogP contribution < -0.4 is 0 Å². The van der Waals surface area contributed by atoms with Gasteiger partial charge in [0.2, 0.25) is 10.0 Å². The molecule has 1 fully saturated rings. The number of rotatable bonds is 5. The van der Waals surface area contributed by atoms with Gasteiger partial charge in [-0.05, 0) is 31.4 Å². The lowest BCUT2D eigenvalue weighted by Crippen LogP contribution is -2.35. The molecule has 0 amide bonds. The Morgan fingerprint density at radius 1 is 1.18 bits per heavy atom. The van der Waals surface area contributed by atoms with E-state index in [1.54, 1.807) is 12.1 Å². The van der Waals surface area contributed by atoms with E-state index in [9.17, 15) is 18.0 Å². The van der Waals surface area contributed by atoms with Gasteiger partial charge >= 0.3 is 11.9 Å². The van der Waals surface area contributed by atoms with Crippen LogP contribution in [0.15, 0.2) is 29.2 Å². The van der Waals surface area contributed by atoms with Crippen molar-refractivity contribution in [3.63, 3.8) is 0 Å². The van der Waals surface area contributed by atoms with Gasteiger partial charge in [-0.2, -0.15) is 4.31 Å². The highest BCUT2D eigenvalue weighted by molar-refractivity contribution is 7.89. The molecule has 0 bridgehead atoms. The molecule has 0 saturated carbocycles. The third-order valence-electron chi connectivity index (χ3n) is 3.85. The molecule has 120 valence electrons. The van der Waals surface area contributed by atoms with Gasteiger partial charge in [-0.3, -0.25) is 9.59 Å². The van der Waals surface area contributed by atoms with Crippen LogP contribution in [0.4, 0.5) is 0 Å². The summed E-state index contributed by atoms with van der Waals surface area (Å²) >= 11 is 0. The largest absolute Gasteiger partial charge is 0.481 e. The number of carboxylic acids is 2. The lowest BCUT2D eigenvalue weighted by atomic mass is 9.92. The summed E-state index contributed by atoms with van der Waals surface area (Å²) < 4.78 is 26.1. The molecule has 1 aromatic carbocycles. The maximum absolute atomic E-state index is 12.5. The second-order valence-electron chi connectivity index (χ2n) is 5.38. The minimum Gasteiger partial charge on any atom is -0.481 e. The predicted octanol–water partition coefficient (Wildman–Crippen LogP) is 0.791. The van der Waals surface area contributed by atoms with Crippen LogP contribution in [0.1, 0.15) is 12.0 Å². The second kappa shape index (κ2) is 6.05. The molecule has 7 nitrogen and oxygen atoms in total. The number of aryl methyl sites for hydroxylation is 1. The number of nitrogens with zero attached hydrogens (tertiary/aromatic N) is 1. The molecule has 0 spiro atoms. The highest BCUT2D eigenvalue weighted by Gasteiger charge is 2.42. The minimum atomic E-state index is -3.73. The molecule has 2 N–H and O–H groups in total. The monoisotopic (exact) mass is 327 g/mol. The van der Waals surface area contributed by atoms with Crippen LogP contribution in [-0.4, -0.2) is 48.0 Å². The Hall–Kier alpha value is -1.93. The van der Waals surface area contributed by atoms with E-state index in [0.717, 1.165) is 9.87 Å². The van der Waals surface area contributed by atoms with Crippen molar-refractivity contribution in [2.75, 3.05) is 13.1 Å². The van der Waals surface area contributed by atoms with Crippen molar-refractivity contribution >= 4 is 22.0 Å². The van der Waals surface area contributed by atoms with E-state index in [1.807, 2.05) is 6.92 Å². The standard InChI is InChI=1S/C14H17NO6S/c1-9-2-4-11(5-3-9)22(20,21)15-7-6-10(8-15)12(13(16)17)14(18)19/h2-5,10,12H,6-8H2,1H3,(H,16,17)(H,18,19)/t10-/m1/s1. The van der Waals surface area contributed by atoms with E-state index in [2.05, 4.69) is 0 Å². The zero-order valence-corrected chi connectivity index (χ0v) is 12.8. The number of sulfonamides is 1. The van der Waals surface area contributed by atoms with Crippen molar-refractivity contribution in [3.8, 4) is 0 Å². The van der Waals surface area contributed by atoms with Gasteiger partial charge in [-0.25, -0.2) is 8.42 Å². The molecule has 0 aromatic heterocycles. The molecule has 8 heteroatoms. The minimum absolute atomic E-state index is 0.0977. The molecule has 1 aliphatic rings. The first-order valence-electron chi connectivity index (χ1n) is 6.76. The number of carboxylic acid groups (broad SMARTS) is 2. The van der Waals surface area contributed by atoms with E-state index in [4.69, 9.17) is 10.2 Å². The van der Waals surface area contributed by atoms with E-state index in [1.165, 1.54) is 12.1 Å². The molecule has 22 heavy (non-hydrogen) atoms. The van der Waals surface area contributed by atoms with Gasteiger partial charge in [0.1, 0.15) is 0 Å². The summed E-state index contributed by atoms with van der Waals surface area (Å²) in [4.78, 5) is 22.2. The fourth-order valence-electron chi connectivity index (χ4n) is 2.61. The van der Waals surface area contributed by atoms with Crippen LogP contribution in [0.25, 0.3) is 0 Å².